The van der Waals surface area contributed by atoms with Crippen molar-refractivity contribution in [1.29, 1.82) is 0 Å². The van der Waals surface area contributed by atoms with Gasteiger partial charge in [0.1, 0.15) is 24.4 Å². The van der Waals surface area contributed by atoms with Crippen LogP contribution in [0.3, 0.4) is 0 Å². The Balaban J connectivity index is 1.41. The predicted molar refractivity (Wildman–Crippen MR) is 98.6 cm³/mol. The first kappa shape index (κ1) is 19.9. The van der Waals surface area contributed by atoms with Crippen LogP contribution >= 0.6 is 0 Å². The van der Waals surface area contributed by atoms with E-state index in [1.54, 1.807) is 18.2 Å². The maximum atomic E-state index is 11.1. The molecule has 6 atom stereocenters. The molecule has 9 heteroatoms. The predicted octanol–water partition coefficient (Wildman–Crippen LogP) is 1.67. The quantitative estimate of drug-likeness (QED) is 0.571. The Morgan fingerprint density at radius 1 is 1.03 bits per heavy atom. The second-order valence-electron chi connectivity index (χ2n) is 6.90. The number of para-hydroxylation sites is 1. The fourth-order valence-electron chi connectivity index (χ4n) is 3.48. The summed E-state index contributed by atoms with van der Waals surface area (Å²) in [7, 11) is 0. The van der Waals surface area contributed by atoms with Gasteiger partial charge >= 0.3 is 0 Å². The highest BCUT2D eigenvalue weighted by Gasteiger charge is 2.49. The Hall–Kier alpha value is -2.40. The molecule has 2 N–H and O–H groups in total. The largest absolute Gasteiger partial charge is 0.387 e. The third kappa shape index (κ3) is 4.15. The van der Waals surface area contributed by atoms with Gasteiger partial charge in [-0.3, -0.25) is 10.1 Å². The van der Waals surface area contributed by atoms with Gasteiger partial charge in [0.25, 0.3) is 5.69 Å². The van der Waals surface area contributed by atoms with Crippen molar-refractivity contribution in [2.45, 2.75) is 43.6 Å². The molecular weight excluding hydrogens is 382 g/mol. The number of nitrogens with zero attached hydrogens (tertiary/aromatic N) is 1. The van der Waals surface area contributed by atoms with Crippen molar-refractivity contribution < 1.29 is 34.1 Å². The molecule has 9 nitrogen and oxygen atoms in total. The highest BCUT2D eigenvalue weighted by molar-refractivity contribution is 5.39. The van der Waals surface area contributed by atoms with E-state index in [-0.39, 0.29) is 18.9 Å². The van der Waals surface area contributed by atoms with E-state index in [9.17, 15) is 20.3 Å². The molecule has 2 fully saturated rings. The van der Waals surface area contributed by atoms with Gasteiger partial charge in [0, 0.05) is 11.6 Å². The molecule has 4 rings (SSSR count). The number of rotatable bonds is 5. The number of hydrogen-bond acceptors (Lipinski definition) is 8. The van der Waals surface area contributed by atoms with Crippen LogP contribution in [0.2, 0.25) is 0 Å². The van der Waals surface area contributed by atoms with Crippen LogP contribution in [0.25, 0.3) is 0 Å². The summed E-state index contributed by atoms with van der Waals surface area (Å²) in [6, 6.07) is 15.4. The van der Waals surface area contributed by atoms with E-state index < -0.39 is 41.9 Å². The van der Waals surface area contributed by atoms with Gasteiger partial charge in [0.05, 0.1) is 23.7 Å². The fraction of sp³-hybridized carbons (Fsp3) is 0.400. The molecule has 2 aliphatic rings. The van der Waals surface area contributed by atoms with Crippen molar-refractivity contribution in [2.75, 3.05) is 6.61 Å². The Morgan fingerprint density at radius 2 is 1.76 bits per heavy atom. The summed E-state index contributed by atoms with van der Waals surface area (Å²) >= 11 is 0. The average Bonchev–Trinajstić information content (AvgIpc) is 2.76. The van der Waals surface area contributed by atoms with E-state index in [0.29, 0.717) is 5.56 Å². The zero-order valence-electron chi connectivity index (χ0n) is 15.4. The molecule has 2 aromatic carbocycles. The van der Waals surface area contributed by atoms with Crippen molar-refractivity contribution in [3.8, 4) is 0 Å². The Bertz CT molecular complexity index is 845. The van der Waals surface area contributed by atoms with E-state index in [4.69, 9.17) is 18.9 Å². The normalized spacial score (nSPS) is 31.8. The highest BCUT2D eigenvalue weighted by atomic mass is 16.8. The van der Waals surface area contributed by atoms with Crippen molar-refractivity contribution in [3.05, 3.63) is 75.8 Å². The number of aliphatic hydroxyl groups is 2. The Labute approximate surface area is 166 Å². The van der Waals surface area contributed by atoms with Gasteiger partial charge in [-0.15, -0.1) is 0 Å². The van der Waals surface area contributed by atoms with Crippen molar-refractivity contribution in [1.82, 2.24) is 0 Å². The van der Waals surface area contributed by atoms with Gasteiger partial charge in [-0.2, -0.15) is 0 Å². The fourth-order valence-corrected chi connectivity index (χ4v) is 3.48. The third-order valence-corrected chi connectivity index (χ3v) is 5.00. The number of ether oxygens (including phenoxy) is 4. The smallest absolute Gasteiger partial charge is 0.274 e. The number of benzene rings is 2. The summed E-state index contributed by atoms with van der Waals surface area (Å²) in [6.45, 7) is -0.0172. The molecule has 0 amide bonds. The van der Waals surface area contributed by atoms with Gasteiger partial charge < -0.3 is 29.2 Å². The zero-order chi connectivity index (χ0) is 20.4. The summed E-state index contributed by atoms with van der Waals surface area (Å²) in [6.07, 6.45) is -5.94. The summed E-state index contributed by atoms with van der Waals surface area (Å²) in [5.41, 5.74) is 1.04. The van der Waals surface area contributed by atoms with Crippen LogP contribution < -0.4 is 0 Å². The van der Waals surface area contributed by atoms with Crippen LogP contribution in [0, 0.1) is 10.1 Å². The molecular formula is C20H21NO8. The van der Waals surface area contributed by atoms with E-state index in [1.165, 1.54) is 6.07 Å². The zero-order valence-corrected chi connectivity index (χ0v) is 15.4. The summed E-state index contributed by atoms with van der Waals surface area (Å²) in [5, 5.41) is 32.1. The van der Waals surface area contributed by atoms with Crippen molar-refractivity contribution in [2.24, 2.45) is 0 Å². The number of aliphatic hydroxyl groups excluding tert-OH is 2. The van der Waals surface area contributed by atoms with E-state index >= 15 is 0 Å². The molecule has 2 aromatic rings. The van der Waals surface area contributed by atoms with Crippen LogP contribution in [0.5, 0.6) is 0 Å². The Kier molecular flexibility index (Phi) is 5.86. The van der Waals surface area contributed by atoms with Crippen molar-refractivity contribution in [3.63, 3.8) is 0 Å². The molecule has 0 aromatic heterocycles. The minimum atomic E-state index is -1.38. The molecule has 0 saturated carbocycles. The first-order valence-corrected chi connectivity index (χ1v) is 9.22. The highest BCUT2D eigenvalue weighted by Crippen LogP contribution is 2.34. The number of nitro benzene ring substituents is 1. The van der Waals surface area contributed by atoms with Crippen molar-refractivity contribution >= 4 is 5.69 Å². The summed E-state index contributed by atoms with van der Waals surface area (Å²) in [4.78, 5) is 10.6. The van der Waals surface area contributed by atoms with E-state index in [2.05, 4.69) is 0 Å². The first-order valence-electron chi connectivity index (χ1n) is 9.22. The molecule has 0 radical (unpaired) electrons. The SMILES string of the molecule is O=[N+]([O-])c1ccccc1CO[C@@H]1O[C@@H]2CO[C@@H](c3ccccc3)O[C@H]2[C@H](O)[C@H]1O. The van der Waals surface area contributed by atoms with Gasteiger partial charge in [0.2, 0.25) is 0 Å². The molecule has 29 heavy (non-hydrogen) atoms. The van der Waals surface area contributed by atoms with Crippen LogP contribution in [-0.2, 0) is 25.6 Å². The standard InChI is InChI=1S/C20H21NO8/c22-16-17(23)20(26-10-13-8-4-5-9-14(13)21(24)25)28-15-11-27-19(29-18(15)16)12-6-2-1-3-7-12/h1-9,15-20,22-23H,10-11H2/t15-,16-,17-,18-,19-,20-/m1/s1. The summed E-state index contributed by atoms with van der Waals surface area (Å²) < 4.78 is 22.8. The number of hydrogen-bond donors (Lipinski definition) is 2. The minimum Gasteiger partial charge on any atom is -0.387 e. The summed E-state index contributed by atoms with van der Waals surface area (Å²) in [5.74, 6) is 0. The van der Waals surface area contributed by atoms with Crippen LogP contribution in [0.1, 0.15) is 17.4 Å². The van der Waals surface area contributed by atoms with Crippen LogP contribution in [-0.4, -0.2) is 52.4 Å². The molecule has 0 bridgehead atoms. The van der Waals surface area contributed by atoms with Gasteiger partial charge in [-0.25, -0.2) is 0 Å². The lowest BCUT2D eigenvalue weighted by Gasteiger charge is -2.46. The minimum absolute atomic E-state index is 0.0914. The number of fused-ring (bicyclic) bond motifs is 1. The van der Waals surface area contributed by atoms with Crippen LogP contribution in [0.4, 0.5) is 5.69 Å². The van der Waals surface area contributed by atoms with Gasteiger partial charge in [-0.05, 0) is 6.07 Å². The van der Waals surface area contributed by atoms with E-state index in [1.807, 2.05) is 30.3 Å². The number of nitro groups is 1. The maximum absolute atomic E-state index is 11.1. The monoisotopic (exact) mass is 403 g/mol. The second-order valence-corrected chi connectivity index (χ2v) is 6.90. The molecule has 2 aliphatic heterocycles. The second kappa shape index (κ2) is 8.54. The molecule has 0 unspecified atom stereocenters. The average molecular weight is 403 g/mol. The lowest BCUT2D eigenvalue weighted by Crippen LogP contribution is -2.62. The lowest BCUT2D eigenvalue weighted by atomic mass is 9.98. The molecule has 154 valence electrons. The van der Waals surface area contributed by atoms with Gasteiger partial charge in [-0.1, -0.05) is 42.5 Å². The molecule has 2 heterocycles. The Morgan fingerprint density at radius 3 is 2.52 bits per heavy atom. The first-order chi connectivity index (χ1) is 14.0. The van der Waals surface area contributed by atoms with Gasteiger partial charge in [0.15, 0.2) is 12.6 Å². The maximum Gasteiger partial charge on any atom is 0.274 e. The molecule has 0 spiro atoms. The molecule has 0 aliphatic carbocycles. The van der Waals surface area contributed by atoms with E-state index in [0.717, 1.165) is 5.56 Å². The lowest BCUT2D eigenvalue weighted by molar-refractivity contribution is -0.387. The van der Waals surface area contributed by atoms with Crippen LogP contribution in [0.15, 0.2) is 54.6 Å². The topological polar surface area (TPSA) is 121 Å². The third-order valence-electron chi connectivity index (χ3n) is 5.00. The molecule has 2 saturated heterocycles.